The Morgan fingerprint density at radius 2 is 2.05 bits per heavy atom. The van der Waals surface area contributed by atoms with E-state index in [1.165, 1.54) is 21.6 Å². The van der Waals surface area contributed by atoms with Crippen molar-refractivity contribution >= 4 is 33.6 Å². The summed E-state index contributed by atoms with van der Waals surface area (Å²) in [6.45, 7) is 3.93. The molecule has 0 spiro atoms. The van der Waals surface area contributed by atoms with Gasteiger partial charge in [-0.25, -0.2) is 13.2 Å². The minimum atomic E-state index is -3.40. The fraction of sp³-hybridized carbons (Fsp3) is 0.833. The van der Waals surface area contributed by atoms with Crippen molar-refractivity contribution in [2.24, 2.45) is 5.92 Å². The van der Waals surface area contributed by atoms with Crippen LogP contribution in [-0.4, -0.2) is 78.1 Å². The van der Waals surface area contributed by atoms with Gasteiger partial charge in [0.15, 0.2) is 9.84 Å². The molecule has 7 nitrogen and oxygen atoms in total. The molecule has 1 aliphatic rings. The summed E-state index contributed by atoms with van der Waals surface area (Å²) in [4.78, 5) is 26.0. The van der Waals surface area contributed by atoms with Gasteiger partial charge in [-0.05, 0) is 5.92 Å². The van der Waals surface area contributed by atoms with Crippen molar-refractivity contribution < 1.29 is 23.1 Å². The van der Waals surface area contributed by atoms with Crippen LogP contribution in [0.3, 0.4) is 0 Å². The van der Waals surface area contributed by atoms with Crippen LogP contribution in [0, 0.1) is 5.92 Å². The third kappa shape index (κ3) is 5.39. The van der Waals surface area contributed by atoms with Gasteiger partial charge in [-0.2, -0.15) is 11.8 Å². The number of urea groups is 1. The lowest BCUT2D eigenvalue weighted by molar-refractivity contribution is -0.137. The molecule has 1 fully saturated rings. The number of rotatable bonds is 5. The molecule has 0 aliphatic carbocycles. The second-order valence-electron chi connectivity index (χ2n) is 5.50. The molecule has 1 saturated heterocycles. The summed E-state index contributed by atoms with van der Waals surface area (Å²) in [6.07, 6.45) is 1.10. The molecule has 2 amide bonds. The lowest BCUT2D eigenvalue weighted by Crippen LogP contribution is -2.55. The van der Waals surface area contributed by atoms with Gasteiger partial charge in [0, 0.05) is 30.9 Å². The van der Waals surface area contributed by atoms with E-state index in [9.17, 15) is 18.0 Å². The zero-order chi connectivity index (χ0) is 16.2. The van der Waals surface area contributed by atoms with Crippen LogP contribution in [0.15, 0.2) is 0 Å². The average molecular weight is 338 g/mol. The topological polar surface area (TPSA) is 95.0 Å². The normalized spacial score (nSPS) is 19.6. The van der Waals surface area contributed by atoms with Crippen LogP contribution >= 0.6 is 11.8 Å². The van der Waals surface area contributed by atoms with Gasteiger partial charge in [0.1, 0.15) is 11.9 Å². The third-order valence-electron chi connectivity index (χ3n) is 3.01. The minimum Gasteiger partial charge on any atom is -0.480 e. The second kappa shape index (κ2) is 7.35. The fourth-order valence-corrected chi connectivity index (χ4v) is 4.96. The molecule has 0 aromatic carbocycles. The van der Waals surface area contributed by atoms with Crippen LogP contribution in [0.1, 0.15) is 13.8 Å². The van der Waals surface area contributed by atoms with Gasteiger partial charge in [0.05, 0.1) is 0 Å². The number of hydrogen-bond acceptors (Lipinski definition) is 5. The maximum Gasteiger partial charge on any atom is 0.323 e. The van der Waals surface area contributed by atoms with Gasteiger partial charge in [-0.3, -0.25) is 4.79 Å². The molecule has 1 aliphatic heterocycles. The third-order valence-corrected chi connectivity index (χ3v) is 5.65. The lowest BCUT2D eigenvalue weighted by Gasteiger charge is -2.37. The molecule has 122 valence electrons. The van der Waals surface area contributed by atoms with Crippen molar-refractivity contribution in [3.05, 3.63) is 0 Å². The Morgan fingerprint density at radius 3 is 2.52 bits per heavy atom. The van der Waals surface area contributed by atoms with E-state index in [1.54, 1.807) is 0 Å². The number of carbonyl (C=O) groups is 2. The van der Waals surface area contributed by atoms with Crippen LogP contribution in [0.25, 0.3) is 0 Å². The number of carboxylic acids is 1. The highest BCUT2D eigenvalue weighted by atomic mass is 32.2. The van der Waals surface area contributed by atoms with Crippen molar-refractivity contribution in [2.45, 2.75) is 19.2 Å². The largest absolute Gasteiger partial charge is 0.480 e. The van der Waals surface area contributed by atoms with Crippen LogP contribution in [0.2, 0.25) is 0 Å². The number of hydrogen-bond donors (Lipinski definition) is 1. The van der Waals surface area contributed by atoms with Crippen molar-refractivity contribution in [3.8, 4) is 0 Å². The molecule has 0 saturated carbocycles. The Balaban J connectivity index is 2.96. The van der Waals surface area contributed by atoms with E-state index in [2.05, 4.69) is 0 Å². The molecule has 0 radical (unpaired) electrons. The van der Waals surface area contributed by atoms with Crippen LogP contribution in [-0.2, 0) is 14.6 Å². The molecule has 0 aromatic rings. The quantitative estimate of drug-likeness (QED) is 0.787. The highest BCUT2D eigenvalue weighted by Crippen LogP contribution is 2.22. The molecule has 1 N–H and O–H groups in total. The van der Waals surface area contributed by atoms with Crippen LogP contribution < -0.4 is 0 Å². The number of nitrogens with zero attached hydrogens (tertiary/aromatic N) is 2. The monoisotopic (exact) mass is 338 g/mol. The van der Waals surface area contributed by atoms with E-state index in [0.717, 1.165) is 6.26 Å². The highest BCUT2D eigenvalue weighted by molar-refractivity contribution is 8.00. The van der Waals surface area contributed by atoms with E-state index < -0.39 is 33.8 Å². The number of carboxylic acid groups (broad SMARTS) is 1. The summed E-state index contributed by atoms with van der Waals surface area (Å²) in [5.74, 6) is -0.0245. The molecule has 1 unspecified atom stereocenters. The molecule has 0 bridgehead atoms. The van der Waals surface area contributed by atoms with E-state index >= 15 is 0 Å². The van der Waals surface area contributed by atoms with Crippen LogP contribution in [0.5, 0.6) is 0 Å². The number of carbonyl (C=O) groups excluding carboxylic acids is 1. The molecule has 21 heavy (non-hydrogen) atoms. The number of thioether (sulfide) groups is 1. The summed E-state index contributed by atoms with van der Waals surface area (Å²) in [5.41, 5.74) is 0. The fourth-order valence-electron chi connectivity index (χ4n) is 2.15. The summed E-state index contributed by atoms with van der Waals surface area (Å²) in [7, 11) is -3.40. The SMILES string of the molecule is CC(C)CN(CC(=O)O)C(=O)N1CCSCC1S(C)(=O)=O. The molecule has 1 rings (SSSR count). The second-order valence-corrected chi connectivity index (χ2v) is 8.86. The van der Waals surface area contributed by atoms with Crippen molar-refractivity contribution in [1.29, 1.82) is 0 Å². The first-order chi connectivity index (χ1) is 9.62. The minimum absolute atomic E-state index is 0.101. The summed E-state index contributed by atoms with van der Waals surface area (Å²) in [6, 6.07) is -0.512. The Kier molecular flexibility index (Phi) is 6.33. The lowest BCUT2D eigenvalue weighted by atomic mass is 10.2. The maximum atomic E-state index is 12.5. The summed E-state index contributed by atoms with van der Waals surface area (Å²) < 4.78 is 23.7. The van der Waals surface area contributed by atoms with E-state index in [1.807, 2.05) is 13.8 Å². The Labute approximate surface area is 129 Å². The predicted molar refractivity (Wildman–Crippen MR) is 82.1 cm³/mol. The smallest absolute Gasteiger partial charge is 0.323 e. The van der Waals surface area contributed by atoms with Crippen LogP contribution in [0.4, 0.5) is 4.79 Å². The average Bonchev–Trinajstić information content (AvgIpc) is 2.35. The summed E-state index contributed by atoms with van der Waals surface area (Å²) in [5, 5.41) is 8.05. The van der Waals surface area contributed by atoms with Crippen molar-refractivity contribution in [1.82, 2.24) is 9.80 Å². The van der Waals surface area contributed by atoms with E-state index in [4.69, 9.17) is 5.11 Å². The van der Waals surface area contributed by atoms with Gasteiger partial charge >= 0.3 is 12.0 Å². The molecular formula is C12H22N2O5S2. The van der Waals surface area contributed by atoms with Crippen molar-refractivity contribution in [2.75, 3.05) is 37.4 Å². The first-order valence-corrected chi connectivity index (χ1v) is 9.77. The van der Waals surface area contributed by atoms with Gasteiger partial charge in [0.2, 0.25) is 0 Å². The standard InChI is InChI=1S/C12H22N2O5S2/c1-9(2)6-13(7-11(15)16)12(17)14-4-5-20-8-10(14)21(3,18)19/h9-10H,4-8H2,1-3H3,(H,15,16). The Hall–Kier alpha value is -0.960. The van der Waals surface area contributed by atoms with E-state index in [-0.39, 0.29) is 12.5 Å². The van der Waals surface area contributed by atoms with Gasteiger partial charge in [-0.15, -0.1) is 0 Å². The molecule has 1 atom stereocenters. The van der Waals surface area contributed by atoms with Gasteiger partial charge in [-0.1, -0.05) is 13.8 Å². The Morgan fingerprint density at radius 1 is 1.43 bits per heavy atom. The summed E-state index contributed by atoms with van der Waals surface area (Å²) >= 11 is 1.48. The first-order valence-electron chi connectivity index (χ1n) is 6.67. The predicted octanol–water partition coefficient (Wildman–Crippen LogP) is 0.569. The molecule has 0 aromatic heterocycles. The van der Waals surface area contributed by atoms with Gasteiger partial charge in [0.25, 0.3) is 0 Å². The molecular weight excluding hydrogens is 316 g/mol. The number of sulfone groups is 1. The zero-order valence-corrected chi connectivity index (χ0v) is 14.1. The first kappa shape index (κ1) is 18.1. The number of aliphatic carboxylic acids is 1. The highest BCUT2D eigenvalue weighted by Gasteiger charge is 2.36. The zero-order valence-electron chi connectivity index (χ0n) is 12.5. The van der Waals surface area contributed by atoms with Crippen molar-refractivity contribution in [3.63, 3.8) is 0 Å². The molecule has 9 heteroatoms. The number of amides is 2. The van der Waals surface area contributed by atoms with Gasteiger partial charge < -0.3 is 14.9 Å². The maximum absolute atomic E-state index is 12.5. The van der Waals surface area contributed by atoms with E-state index in [0.29, 0.717) is 18.1 Å². The molecule has 1 heterocycles. The Bertz CT molecular complexity index is 492.